The molecule has 1 aromatic heterocycles. The number of hydrogen-bond acceptors (Lipinski definition) is 3. The lowest BCUT2D eigenvalue weighted by Crippen LogP contribution is -2.20. The number of pyridine rings is 1. The number of rotatable bonds is 9. The van der Waals surface area contributed by atoms with Gasteiger partial charge in [-0.2, -0.15) is 0 Å². The van der Waals surface area contributed by atoms with Crippen LogP contribution in [0.25, 0.3) is 0 Å². The summed E-state index contributed by atoms with van der Waals surface area (Å²) in [6, 6.07) is 10.6. The van der Waals surface area contributed by atoms with E-state index in [1.54, 1.807) is 0 Å². The highest BCUT2D eigenvalue weighted by Gasteiger charge is 2.21. The molecular weight excluding hydrogens is 355 g/mol. The van der Waals surface area contributed by atoms with Gasteiger partial charge in [-0.15, -0.1) is 0 Å². The summed E-state index contributed by atoms with van der Waals surface area (Å²) in [7, 11) is 6.35. The molecule has 0 aliphatic carbocycles. The molecule has 0 aliphatic rings. The molecule has 0 N–H and O–H groups in total. The van der Waals surface area contributed by atoms with Gasteiger partial charge >= 0.3 is 0 Å². The SMILES string of the molecule is [B]c1cc(C(C)C(C)C=NC(C)CC)c(C(C)C)nc1OCc1ccccc1C. The van der Waals surface area contributed by atoms with Crippen LogP contribution in [0.1, 0.15) is 82.2 Å². The van der Waals surface area contributed by atoms with Gasteiger partial charge in [0.2, 0.25) is 5.88 Å². The lowest BCUT2D eigenvalue weighted by atomic mass is 9.83. The molecule has 0 aliphatic heterocycles. The Morgan fingerprint density at radius 3 is 2.45 bits per heavy atom. The smallest absolute Gasteiger partial charge is 0.206 e. The van der Waals surface area contributed by atoms with Crippen LogP contribution in [0.4, 0.5) is 0 Å². The zero-order valence-electron chi connectivity index (χ0n) is 19.1. The van der Waals surface area contributed by atoms with E-state index >= 15 is 0 Å². The van der Waals surface area contributed by atoms with Crippen LogP contribution in [0.5, 0.6) is 5.88 Å². The van der Waals surface area contributed by atoms with E-state index in [1.807, 2.05) is 18.2 Å². The van der Waals surface area contributed by atoms with Gasteiger partial charge in [0.1, 0.15) is 14.5 Å². The molecule has 0 saturated heterocycles. The molecule has 29 heavy (non-hydrogen) atoms. The summed E-state index contributed by atoms with van der Waals surface area (Å²) < 4.78 is 6.02. The largest absolute Gasteiger partial charge is 0.473 e. The monoisotopic (exact) mass is 390 g/mol. The first-order valence-corrected chi connectivity index (χ1v) is 10.7. The van der Waals surface area contributed by atoms with Gasteiger partial charge in [0.05, 0.1) is 5.69 Å². The van der Waals surface area contributed by atoms with Crippen LogP contribution in [0, 0.1) is 12.8 Å². The van der Waals surface area contributed by atoms with Gasteiger partial charge in [0.15, 0.2) is 0 Å². The highest BCUT2D eigenvalue weighted by molar-refractivity contribution is 6.34. The van der Waals surface area contributed by atoms with E-state index in [1.165, 1.54) is 11.1 Å². The number of aliphatic imine (C=N–C) groups is 1. The molecule has 2 aromatic rings. The van der Waals surface area contributed by atoms with Crippen molar-refractivity contribution in [3.63, 3.8) is 0 Å². The number of aryl methyl sites for hydroxylation is 1. The molecular formula is C25H35BN2O. The van der Waals surface area contributed by atoms with Crippen LogP contribution in [0.3, 0.4) is 0 Å². The molecule has 3 unspecified atom stereocenters. The summed E-state index contributed by atoms with van der Waals surface area (Å²) in [5, 5.41) is 0. The molecule has 0 saturated carbocycles. The van der Waals surface area contributed by atoms with Crippen LogP contribution in [-0.2, 0) is 6.61 Å². The Kier molecular flexibility index (Phi) is 8.49. The van der Waals surface area contributed by atoms with Crippen molar-refractivity contribution in [2.45, 2.75) is 79.4 Å². The number of benzene rings is 1. The molecule has 0 bridgehead atoms. The average Bonchev–Trinajstić information content (AvgIpc) is 2.70. The quantitative estimate of drug-likeness (QED) is 0.419. The van der Waals surface area contributed by atoms with Crippen molar-refractivity contribution in [1.29, 1.82) is 0 Å². The van der Waals surface area contributed by atoms with Crippen LogP contribution in [0.15, 0.2) is 35.3 Å². The van der Waals surface area contributed by atoms with Gasteiger partial charge in [-0.05, 0) is 60.2 Å². The summed E-state index contributed by atoms with van der Waals surface area (Å²) in [4.78, 5) is 9.51. The van der Waals surface area contributed by atoms with E-state index in [2.05, 4.69) is 71.8 Å². The molecule has 2 radical (unpaired) electrons. The maximum absolute atomic E-state index is 6.35. The summed E-state index contributed by atoms with van der Waals surface area (Å²) in [6.45, 7) is 15.6. The zero-order chi connectivity index (χ0) is 21.6. The Bertz CT molecular complexity index is 832. The van der Waals surface area contributed by atoms with Gasteiger partial charge in [-0.25, -0.2) is 4.98 Å². The second-order valence-corrected chi connectivity index (χ2v) is 8.43. The molecule has 154 valence electrons. The first-order chi connectivity index (χ1) is 13.7. The summed E-state index contributed by atoms with van der Waals surface area (Å²) in [5.41, 5.74) is 5.18. The van der Waals surface area contributed by atoms with E-state index in [4.69, 9.17) is 17.6 Å². The molecule has 3 nitrogen and oxygen atoms in total. The Balaban J connectivity index is 2.27. The maximum Gasteiger partial charge on any atom is 0.206 e. The number of ether oxygens (including phenoxy) is 1. The fourth-order valence-electron chi connectivity index (χ4n) is 3.20. The average molecular weight is 390 g/mol. The van der Waals surface area contributed by atoms with Crippen molar-refractivity contribution >= 4 is 19.5 Å². The van der Waals surface area contributed by atoms with Crippen LogP contribution in [0.2, 0.25) is 0 Å². The Hall–Kier alpha value is -2.10. The summed E-state index contributed by atoms with van der Waals surface area (Å²) in [6.07, 6.45) is 3.14. The zero-order valence-corrected chi connectivity index (χ0v) is 19.1. The van der Waals surface area contributed by atoms with Gasteiger partial charge < -0.3 is 4.74 Å². The second-order valence-electron chi connectivity index (χ2n) is 8.43. The van der Waals surface area contributed by atoms with E-state index in [-0.39, 0.29) is 11.8 Å². The molecule has 1 heterocycles. The van der Waals surface area contributed by atoms with Gasteiger partial charge in [-0.3, -0.25) is 4.99 Å². The summed E-state index contributed by atoms with van der Waals surface area (Å²) in [5.74, 6) is 1.39. The fraction of sp³-hybridized carbons (Fsp3) is 0.520. The highest BCUT2D eigenvalue weighted by Crippen LogP contribution is 2.30. The van der Waals surface area contributed by atoms with Crippen molar-refractivity contribution < 1.29 is 4.74 Å². The predicted octanol–water partition coefficient (Wildman–Crippen LogP) is 5.50. The van der Waals surface area contributed by atoms with Crippen molar-refractivity contribution in [2.75, 3.05) is 0 Å². The summed E-state index contributed by atoms with van der Waals surface area (Å²) >= 11 is 0. The van der Waals surface area contributed by atoms with Gasteiger partial charge in [0.25, 0.3) is 0 Å². The van der Waals surface area contributed by atoms with Crippen molar-refractivity contribution in [2.24, 2.45) is 10.9 Å². The third-order valence-electron chi connectivity index (χ3n) is 5.69. The molecule has 3 atom stereocenters. The molecule has 0 spiro atoms. The van der Waals surface area contributed by atoms with Crippen molar-refractivity contribution in [3.8, 4) is 5.88 Å². The fourth-order valence-corrected chi connectivity index (χ4v) is 3.20. The maximum atomic E-state index is 6.35. The van der Waals surface area contributed by atoms with E-state index in [0.29, 0.717) is 29.9 Å². The number of aromatic nitrogens is 1. The molecule has 1 aromatic carbocycles. The Morgan fingerprint density at radius 2 is 1.83 bits per heavy atom. The number of nitrogens with zero attached hydrogens (tertiary/aromatic N) is 2. The van der Waals surface area contributed by atoms with Gasteiger partial charge in [-0.1, -0.05) is 65.0 Å². The molecule has 2 rings (SSSR count). The minimum Gasteiger partial charge on any atom is -0.473 e. The van der Waals surface area contributed by atoms with E-state index in [9.17, 15) is 0 Å². The molecule has 0 amide bonds. The first kappa shape index (κ1) is 23.2. The lowest BCUT2D eigenvalue weighted by Gasteiger charge is -2.23. The van der Waals surface area contributed by atoms with Crippen molar-refractivity contribution in [1.82, 2.24) is 4.98 Å². The standard InChI is InChI=1S/C25H35BN2O/c1-8-19(6)27-14-18(5)20(7)22-13-23(26)25(28-24(22)16(2)3)29-15-21-12-10-9-11-17(21)4/h9-14,16,18-20H,8,15H2,1-7H3. The topological polar surface area (TPSA) is 34.5 Å². The van der Waals surface area contributed by atoms with Crippen molar-refractivity contribution in [3.05, 3.63) is 52.7 Å². The second kappa shape index (κ2) is 10.6. The van der Waals surface area contributed by atoms with E-state index < -0.39 is 0 Å². The first-order valence-electron chi connectivity index (χ1n) is 10.7. The van der Waals surface area contributed by atoms with Crippen LogP contribution < -0.4 is 10.2 Å². The Labute approximate surface area is 178 Å². The lowest BCUT2D eigenvalue weighted by molar-refractivity contribution is 0.294. The van der Waals surface area contributed by atoms with Crippen LogP contribution in [-0.4, -0.2) is 25.1 Å². The number of hydrogen-bond donors (Lipinski definition) is 0. The molecule has 0 fully saturated rings. The minimum atomic E-state index is 0.278. The third-order valence-corrected chi connectivity index (χ3v) is 5.69. The highest BCUT2D eigenvalue weighted by atomic mass is 16.5. The third kappa shape index (κ3) is 6.19. The van der Waals surface area contributed by atoms with Crippen LogP contribution >= 0.6 is 0 Å². The van der Waals surface area contributed by atoms with Gasteiger partial charge in [0, 0.05) is 12.3 Å². The Morgan fingerprint density at radius 1 is 1.14 bits per heavy atom. The normalized spacial score (nSPS) is 14.9. The predicted molar refractivity (Wildman–Crippen MR) is 125 cm³/mol. The molecule has 4 heteroatoms. The van der Waals surface area contributed by atoms with E-state index in [0.717, 1.165) is 17.7 Å². The minimum absolute atomic E-state index is 0.278.